The topological polar surface area (TPSA) is 220 Å². The summed E-state index contributed by atoms with van der Waals surface area (Å²) in [5.41, 5.74) is 5.84. The Morgan fingerprint density at radius 3 is 2.10 bits per heavy atom. The Morgan fingerprint density at radius 2 is 1.56 bits per heavy atom. The third-order valence-corrected chi connectivity index (χ3v) is 7.99. The highest BCUT2D eigenvalue weighted by molar-refractivity contribution is 7.86. The van der Waals surface area contributed by atoms with Crippen LogP contribution in [0.25, 0.3) is 10.8 Å². The fourth-order valence-electron chi connectivity index (χ4n) is 4.57. The number of benzene rings is 3. The molecule has 2 N–H and O–H groups in total. The third-order valence-electron chi connectivity index (χ3n) is 6.30. The highest BCUT2D eigenvalue weighted by Crippen LogP contribution is 2.44. The smallest absolute Gasteiger partial charge is 0.355 e. The van der Waals surface area contributed by atoms with Gasteiger partial charge in [0.2, 0.25) is 0 Å². The van der Waals surface area contributed by atoms with Crippen molar-refractivity contribution in [2.45, 2.75) is 15.7 Å². The van der Waals surface area contributed by atoms with Crippen LogP contribution in [0.1, 0.15) is 11.5 Å². The molecule has 212 valence electrons. The van der Waals surface area contributed by atoms with Gasteiger partial charge in [0.15, 0.2) is 0 Å². The predicted octanol–water partition coefficient (Wildman–Crippen LogP) is 1.55. The summed E-state index contributed by atoms with van der Waals surface area (Å²) in [6, 6.07) is 14.9. The molecule has 15 heteroatoms. The molecule has 1 aliphatic heterocycles. The molecule has 0 saturated carbocycles. The van der Waals surface area contributed by atoms with E-state index in [1.165, 1.54) is 6.07 Å². The van der Waals surface area contributed by atoms with Crippen LogP contribution >= 0.6 is 0 Å². The van der Waals surface area contributed by atoms with E-state index in [0.29, 0.717) is 11.6 Å². The first-order valence-electron chi connectivity index (χ1n) is 11.4. The number of hydrogen-bond donors (Lipinski definition) is 1. The summed E-state index contributed by atoms with van der Waals surface area (Å²) in [6.45, 7) is 0. The minimum absolute atomic E-state index is 0.0780. The van der Waals surface area contributed by atoms with Crippen molar-refractivity contribution >= 4 is 48.6 Å². The molecule has 41 heavy (non-hydrogen) atoms. The van der Waals surface area contributed by atoms with E-state index in [1.807, 2.05) is 6.07 Å². The number of fused-ring (bicyclic) bond motifs is 1. The van der Waals surface area contributed by atoms with Gasteiger partial charge >= 0.3 is 11.9 Å². The van der Waals surface area contributed by atoms with Crippen LogP contribution in [0.2, 0.25) is 0 Å². The Kier molecular flexibility index (Phi) is 7.61. The molecular weight excluding hydrogens is 578 g/mol. The van der Waals surface area contributed by atoms with Gasteiger partial charge < -0.3 is 24.3 Å². The van der Waals surface area contributed by atoms with Crippen LogP contribution in [0.4, 0.5) is 5.69 Å². The zero-order valence-corrected chi connectivity index (χ0v) is 22.9. The molecule has 0 radical (unpaired) electrons. The lowest BCUT2D eigenvalue weighted by atomic mass is 9.81. The maximum absolute atomic E-state index is 13.2. The summed E-state index contributed by atoms with van der Waals surface area (Å²) >= 11 is 0. The average molecular weight is 598 g/mol. The molecule has 1 heterocycles. The first-order valence-corrected chi connectivity index (χ1v) is 14.2. The van der Waals surface area contributed by atoms with E-state index in [0.717, 1.165) is 37.3 Å². The predicted molar refractivity (Wildman–Crippen MR) is 139 cm³/mol. The number of nitrogens with two attached hydrogens (primary N) is 1. The highest BCUT2D eigenvalue weighted by atomic mass is 32.2. The van der Waals surface area contributed by atoms with Gasteiger partial charge in [0.05, 0.1) is 47.1 Å². The van der Waals surface area contributed by atoms with Crippen molar-refractivity contribution < 1.29 is 45.0 Å². The van der Waals surface area contributed by atoms with Gasteiger partial charge in [-0.05, 0) is 40.6 Å². The Bertz CT molecular complexity index is 1930. The van der Waals surface area contributed by atoms with Gasteiger partial charge in [-0.2, -0.15) is 5.26 Å². The number of ether oxygens (including phenoxy) is 2. The van der Waals surface area contributed by atoms with Crippen LogP contribution in [0.15, 0.2) is 93.1 Å². The van der Waals surface area contributed by atoms with Crippen molar-refractivity contribution in [3.63, 3.8) is 0 Å². The lowest BCUT2D eigenvalue weighted by Gasteiger charge is -2.36. The normalized spacial score (nSPS) is 16.0. The van der Waals surface area contributed by atoms with Gasteiger partial charge in [-0.25, -0.2) is 26.4 Å². The maximum atomic E-state index is 13.2. The first-order chi connectivity index (χ1) is 19.2. The van der Waals surface area contributed by atoms with Gasteiger partial charge in [-0.1, -0.05) is 36.4 Å². The molecule has 3 aromatic carbocycles. The lowest BCUT2D eigenvalue weighted by molar-refractivity contribution is -0.139. The first kappa shape index (κ1) is 29.2. The van der Waals surface area contributed by atoms with Crippen molar-refractivity contribution in [2.24, 2.45) is 5.73 Å². The van der Waals surface area contributed by atoms with Crippen molar-refractivity contribution in [3.05, 3.63) is 88.9 Å². The van der Waals surface area contributed by atoms with Gasteiger partial charge in [0.1, 0.15) is 31.8 Å². The monoisotopic (exact) mass is 597 g/mol. The minimum atomic E-state index is -5.25. The standard InChI is InChI=1S/C26H21N3O10S2/c1-38-25(30)22-21(14-6-4-3-5-7-14)19(13-27)24(28)29(23(22)26(31)39-2)16-8-9-18-15(10-16)11-17(40(32,33)34)12-20(18)41(35,36)37/h3-12,21H,28H2,1-2H3,(H,32,33,34)(H,35,36,37)/p-2. The van der Waals surface area contributed by atoms with E-state index < -0.39 is 53.6 Å². The molecule has 3 aromatic rings. The van der Waals surface area contributed by atoms with E-state index >= 15 is 0 Å². The molecule has 0 aliphatic carbocycles. The molecule has 0 aromatic heterocycles. The Morgan fingerprint density at radius 1 is 0.927 bits per heavy atom. The summed E-state index contributed by atoms with van der Waals surface area (Å²) in [7, 11) is -8.36. The molecule has 0 bridgehead atoms. The second kappa shape index (κ2) is 10.7. The summed E-state index contributed by atoms with van der Waals surface area (Å²) in [4.78, 5) is 25.4. The van der Waals surface area contributed by atoms with Gasteiger partial charge in [-0.15, -0.1) is 0 Å². The zero-order valence-electron chi connectivity index (χ0n) is 21.2. The van der Waals surface area contributed by atoms with Gasteiger partial charge in [0, 0.05) is 5.69 Å². The average Bonchev–Trinajstić information content (AvgIpc) is 2.94. The minimum Gasteiger partial charge on any atom is -0.744 e. The second-order valence-electron chi connectivity index (χ2n) is 8.57. The van der Waals surface area contributed by atoms with E-state index in [4.69, 9.17) is 15.2 Å². The fourth-order valence-corrected chi connectivity index (χ4v) is 5.90. The number of allylic oxidation sites excluding steroid dienone is 1. The van der Waals surface area contributed by atoms with Crippen LogP contribution < -0.4 is 10.6 Å². The van der Waals surface area contributed by atoms with Crippen molar-refractivity contribution in [1.82, 2.24) is 0 Å². The number of nitrogens with zero attached hydrogens (tertiary/aromatic N) is 2. The molecule has 1 aliphatic rings. The molecule has 4 rings (SSSR count). The second-order valence-corrected chi connectivity index (χ2v) is 11.3. The van der Waals surface area contributed by atoms with Crippen molar-refractivity contribution in [1.29, 1.82) is 5.26 Å². The number of esters is 2. The van der Waals surface area contributed by atoms with Crippen LogP contribution in [0.5, 0.6) is 0 Å². The van der Waals surface area contributed by atoms with E-state index in [-0.39, 0.29) is 33.4 Å². The fraction of sp³-hybridized carbons (Fsp3) is 0.115. The Hall–Kier alpha value is -4.75. The maximum Gasteiger partial charge on any atom is 0.355 e. The highest BCUT2D eigenvalue weighted by Gasteiger charge is 2.43. The molecule has 1 unspecified atom stereocenters. The van der Waals surface area contributed by atoms with Gasteiger partial charge in [0.25, 0.3) is 0 Å². The molecular formula is C26H19N3O10S2-2. The SMILES string of the molecule is COC(=O)C1=C(C(=O)OC)N(c2ccc3c(S(=O)(=O)[O-])cc(S(=O)(=O)[O-])cc3c2)C(N)=C(C#N)C1c1ccccc1. The largest absolute Gasteiger partial charge is 0.744 e. The Labute approximate surface area is 234 Å². The number of hydrogen-bond acceptors (Lipinski definition) is 13. The lowest BCUT2D eigenvalue weighted by Crippen LogP contribution is -2.40. The number of nitriles is 1. The molecule has 13 nitrogen and oxygen atoms in total. The summed E-state index contributed by atoms with van der Waals surface area (Å²) < 4.78 is 80.8. The number of anilines is 1. The molecule has 0 amide bonds. The number of methoxy groups -OCH3 is 2. The van der Waals surface area contributed by atoms with Crippen molar-refractivity contribution in [2.75, 3.05) is 19.1 Å². The molecule has 0 fully saturated rings. The zero-order chi connectivity index (χ0) is 30.3. The van der Waals surface area contributed by atoms with E-state index in [9.17, 15) is 40.8 Å². The number of carbonyl (C=O) groups is 2. The third kappa shape index (κ3) is 5.24. The summed E-state index contributed by atoms with van der Waals surface area (Å²) in [5, 5.41) is 9.67. The summed E-state index contributed by atoms with van der Waals surface area (Å²) in [5.74, 6) is -3.54. The van der Waals surface area contributed by atoms with Crippen LogP contribution in [0.3, 0.4) is 0 Å². The quantitative estimate of drug-likeness (QED) is 0.315. The number of carbonyl (C=O) groups excluding carboxylic acids is 2. The van der Waals surface area contributed by atoms with Gasteiger partial charge in [-0.3, -0.25) is 4.90 Å². The molecule has 1 atom stereocenters. The Balaban J connectivity index is 2.12. The number of rotatable bonds is 6. The summed E-state index contributed by atoms with van der Waals surface area (Å²) in [6.07, 6.45) is 0. The van der Waals surface area contributed by atoms with E-state index in [2.05, 4.69) is 0 Å². The molecule has 0 spiro atoms. The van der Waals surface area contributed by atoms with Crippen molar-refractivity contribution in [3.8, 4) is 6.07 Å². The van der Waals surface area contributed by atoms with E-state index in [1.54, 1.807) is 30.3 Å². The molecule has 0 saturated heterocycles. The van der Waals surface area contributed by atoms with Crippen LogP contribution in [0, 0.1) is 11.3 Å². The van der Waals surface area contributed by atoms with Crippen LogP contribution in [-0.2, 0) is 39.3 Å². The van der Waals surface area contributed by atoms with Crippen LogP contribution in [-0.4, -0.2) is 52.1 Å².